The zero-order chi connectivity index (χ0) is 24.2. The maximum Gasteiger partial charge on any atom is 0.255 e. The van der Waals surface area contributed by atoms with Crippen molar-refractivity contribution in [2.75, 3.05) is 12.4 Å². The van der Waals surface area contributed by atoms with E-state index >= 15 is 0 Å². The van der Waals surface area contributed by atoms with Crippen molar-refractivity contribution in [3.63, 3.8) is 0 Å². The van der Waals surface area contributed by atoms with Gasteiger partial charge in [0.25, 0.3) is 5.91 Å². The number of hydrogen-bond donors (Lipinski definition) is 2. The fourth-order valence-corrected chi connectivity index (χ4v) is 3.81. The third-order valence-corrected chi connectivity index (χ3v) is 5.72. The Morgan fingerprint density at radius 1 is 0.914 bits per heavy atom. The van der Waals surface area contributed by atoms with Gasteiger partial charge in [-0.1, -0.05) is 54.1 Å². The van der Waals surface area contributed by atoms with Gasteiger partial charge in [0, 0.05) is 16.8 Å². The number of para-hydroxylation sites is 2. The molecule has 0 unspecified atom stereocenters. The topological polar surface area (TPSA) is 76.2 Å². The Bertz CT molecular complexity index is 1460. The van der Waals surface area contributed by atoms with Gasteiger partial charge in [0.05, 0.1) is 18.1 Å². The minimum atomic E-state index is -0.241. The number of fused-ring (bicyclic) bond motifs is 1. The minimum absolute atomic E-state index is 0.241. The number of amides is 1. The molecule has 0 aliphatic rings. The van der Waals surface area contributed by atoms with Crippen molar-refractivity contribution >= 4 is 22.6 Å². The number of carbonyl (C=O) groups excluding carboxylic acids is 1. The highest BCUT2D eigenvalue weighted by molar-refractivity contribution is 6.05. The summed E-state index contributed by atoms with van der Waals surface area (Å²) in [6, 6.07) is 28.8. The lowest BCUT2D eigenvalue weighted by molar-refractivity contribution is 0.102. The molecule has 1 aromatic heterocycles. The Hall–Kier alpha value is -4.58. The SMILES string of the molecule is COc1cc(C(=O)Nc2cccc(-c3nc4ccccc4[nH]3)c2)ccc1OCc1ccc(C)cc1. The van der Waals surface area contributed by atoms with Crippen LogP contribution in [-0.4, -0.2) is 23.0 Å². The first kappa shape index (κ1) is 22.2. The first-order valence-corrected chi connectivity index (χ1v) is 11.3. The second-order valence-corrected chi connectivity index (χ2v) is 8.28. The molecular formula is C29H25N3O3. The summed E-state index contributed by atoms with van der Waals surface area (Å²) in [6.07, 6.45) is 0. The lowest BCUT2D eigenvalue weighted by atomic mass is 10.1. The lowest BCUT2D eigenvalue weighted by Gasteiger charge is -2.13. The smallest absolute Gasteiger partial charge is 0.255 e. The van der Waals surface area contributed by atoms with Crippen LogP contribution in [0.15, 0.2) is 91.0 Å². The summed E-state index contributed by atoms with van der Waals surface area (Å²) in [5.74, 6) is 1.59. The zero-order valence-corrected chi connectivity index (χ0v) is 19.5. The molecule has 35 heavy (non-hydrogen) atoms. The van der Waals surface area contributed by atoms with Crippen molar-refractivity contribution in [3.8, 4) is 22.9 Å². The third kappa shape index (κ3) is 5.01. The number of carbonyl (C=O) groups is 1. The van der Waals surface area contributed by atoms with Crippen LogP contribution in [0.2, 0.25) is 0 Å². The maximum atomic E-state index is 13.0. The number of hydrogen-bond acceptors (Lipinski definition) is 4. The van der Waals surface area contributed by atoms with Crippen LogP contribution in [0.4, 0.5) is 5.69 Å². The number of imidazole rings is 1. The van der Waals surface area contributed by atoms with Crippen LogP contribution in [0.1, 0.15) is 21.5 Å². The van der Waals surface area contributed by atoms with Crippen LogP contribution in [0.3, 0.4) is 0 Å². The molecule has 5 aromatic rings. The van der Waals surface area contributed by atoms with Gasteiger partial charge in [-0.05, 0) is 55.0 Å². The van der Waals surface area contributed by atoms with Crippen LogP contribution in [0.25, 0.3) is 22.4 Å². The summed E-state index contributed by atoms with van der Waals surface area (Å²) in [6.45, 7) is 2.46. The number of aromatic nitrogens is 2. The number of aryl methyl sites for hydroxylation is 1. The fraction of sp³-hybridized carbons (Fsp3) is 0.103. The monoisotopic (exact) mass is 463 g/mol. The van der Waals surface area contributed by atoms with Crippen LogP contribution in [0, 0.1) is 6.92 Å². The van der Waals surface area contributed by atoms with E-state index in [1.807, 2.05) is 79.7 Å². The number of H-pyrrole nitrogens is 1. The third-order valence-electron chi connectivity index (χ3n) is 5.72. The van der Waals surface area contributed by atoms with Crippen molar-refractivity contribution in [2.45, 2.75) is 13.5 Å². The number of benzene rings is 4. The predicted molar refractivity (Wildman–Crippen MR) is 138 cm³/mol. The Labute approximate surface area is 203 Å². The van der Waals surface area contributed by atoms with Crippen molar-refractivity contribution < 1.29 is 14.3 Å². The average Bonchev–Trinajstić information content (AvgIpc) is 3.33. The van der Waals surface area contributed by atoms with E-state index in [1.165, 1.54) is 5.56 Å². The van der Waals surface area contributed by atoms with Crippen LogP contribution >= 0.6 is 0 Å². The van der Waals surface area contributed by atoms with Gasteiger partial charge in [0.2, 0.25) is 0 Å². The number of aromatic amines is 1. The molecule has 0 atom stereocenters. The highest BCUT2D eigenvalue weighted by Gasteiger charge is 2.13. The molecule has 0 radical (unpaired) electrons. The Morgan fingerprint density at radius 3 is 2.54 bits per heavy atom. The average molecular weight is 464 g/mol. The number of ether oxygens (including phenoxy) is 2. The largest absolute Gasteiger partial charge is 0.493 e. The van der Waals surface area contributed by atoms with Crippen LogP contribution < -0.4 is 14.8 Å². The molecule has 5 rings (SSSR count). The molecule has 0 saturated carbocycles. The predicted octanol–water partition coefficient (Wildman–Crippen LogP) is 6.38. The fourth-order valence-electron chi connectivity index (χ4n) is 3.81. The standard InChI is InChI=1S/C29H25N3O3/c1-19-10-12-20(13-11-19)18-35-26-15-14-22(17-27(26)34-2)29(33)30-23-7-5-6-21(16-23)28-31-24-8-3-4-9-25(24)32-28/h3-17H,18H2,1-2H3,(H,30,33)(H,31,32). The number of methoxy groups -OCH3 is 1. The molecule has 4 aromatic carbocycles. The summed E-state index contributed by atoms with van der Waals surface area (Å²) < 4.78 is 11.4. The molecule has 0 aliphatic carbocycles. The van der Waals surface area contributed by atoms with Crippen molar-refractivity contribution in [1.82, 2.24) is 9.97 Å². The summed E-state index contributed by atoms with van der Waals surface area (Å²) in [5, 5.41) is 2.96. The van der Waals surface area contributed by atoms with E-state index in [2.05, 4.69) is 15.3 Å². The van der Waals surface area contributed by atoms with E-state index in [9.17, 15) is 4.79 Å². The van der Waals surface area contributed by atoms with E-state index in [4.69, 9.17) is 9.47 Å². The van der Waals surface area contributed by atoms with Crippen molar-refractivity contribution in [3.05, 3.63) is 108 Å². The first-order chi connectivity index (χ1) is 17.1. The van der Waals surface area contributed by atoms with E-state index in [0.29, 0.717) is 29.4 Å². The van der Waals surface area contributed by atoms with E-state index < -0.39 is 0 Å². The molecule has 0 spiro atoms. The Kier molecular flexibility index (Phi) is 6.18. The normalized spacial score (nSPS) is 10.8. The molecule has 0 saturated heterocycles. The second-order valence-electron chi connectivity index (χ2n) is 8.28. The van der Waals surface area contributed by atoms with E-state index in [0.717, 1.165) is 28.0 Å². The number of rotatable bonds is 7. The summed E-state index contributed by atoms with van der Waals surface area (Å²) in [7, 11) is 1.56. The summed E-state index contributed by atoms with van der Waals surface area (Å²) in [4.78, 5) is 20.9. The first-order valence-electron chi connectivity index (χ1n) is 11.3. The number of nitrogens with zero attached hydrogens (tertiary/aromatic N) is 1. The molecule has 0 bridgehead atoms. The van der Waals surface area contributed by atoms with Gasteiger partial charge in [0.15, 0.2) is 11.5 Å². The molecule has 0 fully saturated rings. The second kappa shape index (κ2) is 9.73. The molecule has 1 amide bonds. The van der Waals surface area contributed by atoms with Gasteiger partial charge in [-0.3, -0.25) is 4.79 Å². The van der Waals surface area contributed by atoms with Gasteiger partial charge < -0.3 is 19.8 Å². The maximum absolute atomic E-state index is 13.0. The van der Waals surface area contributed by atoms with E-state index in [1.54, 1.807) is 25.3 Å². The van der Waals surface area contributed by atoms with Gasteiger partial charge in [-0.15, -0.1) is 0 Å². The van der Waals surface area contributed by atoms with Crippen molar-refractivity contribution in [2.24, 2.45) is 0 Å². The molecular weight excluding hydrogens is 438 g/mol. The van der Waals surface area contributed by atoms with Crippen molar-refractivity contribution in [1.29, 1.82) is 0 Å². The summed E-state index contributed by atoms with van der Waals surface area (Å²) in [5.41, 5.74) is 6.15. The molecule has 6 heteroatoms. The quantitative estimate of drug-likeness (QED) is 0.294. The Balaban J connectivity index is 1.30. The van der Waals surface area contributed by atoms with Gasteiger partial charge >= 0.3 is 0 Å². The highest BCUT2D eigenvalue weighted by Crippen LogP contribution is 2.30. The van der Waals surface area contributed by atoms with Crippen LogP contribution in [-0.2, 0) is 6.61 Å². The molecule has 1 heterocycles. The van der Waals surface area contributed by atoms with Gasteiger partial charge in [0.1, 0.15) is 12.4 Å². The van der Waals surface area contributed by atoms with Gasteiger partial charge in [-0.25, -0.2) is 4.98 Å². The Morgan fingerprint density at radius 2 is 1.74 bits per heavy atom. The molecule has 0 aliphatic heterocycles. The molecule has 6 nitrogen and oxygen atoms in total. The lowest BCUT2D eigenvalue weighted by Crippen LogP contribution is -2.12. The van der Waals surface area contributed by atoms with E-state index in [-0.39, 0.29) is 5.91 Å². The zero-order valence-electron chi connectivity index (χ0n) is 19.5. The minimum Gasteiger partial charge on any atom is -0.493 e. The van der Waals surface area contributed by atoms with Gasteiger partial charge in [-0.2, -0.15) is 0 Å². The highest BCUT2D eigenvalue weighted by atomic mass is 16.5. The summed E-state index contributed by atoms with van der Waals surface area (Å²) >= 11 is 0. The number of nitrogens with one attached hydrogen (secondary N) is 2. The number of anilines is 1. The molecule has 174 valence electrons. The molecule has 2 N–H and O–H groups in total. The van der Waals surface area contributed by atoms with Crippen LogP contribution in [0.5, 0.6) is 11.5 Å².